The standard InChI is InChI=1S/C10H9S/c1-2-8-5-6-10-9(8)4-3-7-11-10/h3-7H,1-2H2. The molecule has 0 amide bonds. The van der Waals surface area contributed by atoms with Gasteiger partial charge < -0.3 is 0 Å². The molecule has 11 heavy (non-hydrogen) atoms. The summed E-state index contributed by atoms with van der Waals surface area (Å²) in [6.45, 7) is 3.88. The molecule has 0 aromatic heterocycles. The van der Waals surface area contributed by atoms with E-state index in [1.54, 1.807) is 11.3 Å². The third-order valence-corrected chi connectivity index (χ3v) is 2.76. The van der Waals surface area contributed by atoms with Crippen LogP contribution in [0, 0.1) is 6.92 Å². The van der Waals surface area contributed by atoms with Crippen LogP contribution in [0.2, 0.25) is 0 Å². The zero-order valence-corrected chi connectivity index (χ0v) is 7.03. The molecule has 0 saturated carbocycles. The first kappa shape index (κ1) is 6.86. The maximum atomic E-state index is 3.88. The Morgan fingerprint density at radius 3 is 3.00 bits per heavy atom. The molecule has 0 atom stereocenters. The van der Waals surface area contributed by atoms with Crippen molar-refractivity contribution in [3.05, 3.63) is 42.1 Å². The maximum Gasteiger partial charge on any atom is 0.0345 e. The Bertz CT molecular complexity index is 322. The Kier molecular flexibility index (Phi) is 1.66. The summed E-state index contributed by atoms with van der Waals surface area (Å²) in [7, 11) is 0. The summed E-state index contributed by atoms with van der Waals surface area (Å²) >= 11 is 1.79. The van der Waals surface area contributed by atoms with Crippen molar-refractivity contribution in [2.75, 3.05) is 0 Å². The molecule has 1 aliphatic heterocycles. The highest BCUT2D eigenvalue weighted by Crippen LogP contribution is 2.30. The van der Waals surface area contributed by atoms with Crippen LogP contribution in [-0.4, -0.2) is 0 Å². The van der Waals surface area contributed by atoms with Gasteiger partial charge in [-0.05, 0) is 35.9 Å². The molecule has 0 aromatic rings. The molecule has 1 radical (unpaired) electrons. The van der Waals surface area contributed by atoms with E-state index in [2.05, 4.69) is 36.6 Å². The number of hydrogen-bond acceptors (Lipinski definition) is 1. The number of rotatable bonds is 1. The summed E-state index contributed by atoms with van der Waals surface area (Å²) in [5.41, 5.74) is 2.73. The van der Waals surface area contributed by atoms with Crippen LogP contribution >= 0.6 is 11.3 Å². The molecule has 0 N–H and O–H groups in total. The summed E-state index contributed by atoms with van der Waals surface area (Å²) < 4.78 is 0. The van der Waals surface area contributed by atoms with E-state index in [1.807, 2.05) is 0 Å². The molecule has 0 spiro atoms. The Morgan fingerprint density at radius 1 is 1.27 bits per heavy atom. The van der Waals surface area contributed by atoms with Crippen LogP contribution in [0.1, 0.15) is 5.56 Å². The van der Waals surface area contributed by atoms with Crippen LogP contribution in [0.25, 0.3) is 10.4 Å². The highest BCUT2D eigenvalue weighted by atomic mass is 32.1. The fraction of sp³-hybridized carbons (Fsp3) is 0.100. The third kappa shape index (κ3) is 1.05. The van der Waals surface area contributed by atoms with Crippen molar-refractivity contribution >= 4 is 11.3 Å². The van der Waals surface area contributed by atoms with Gasteiger partial charge in [0.1, 0.15) is 0 Å². The van der Waals surface area contributed by atoms with Crippen LogP contribution in [-0.2, 0) is 6.42 Å². The second-order valence-electron chi connectivity index (χ2n) is 2.50. The zero-order valence-electron chi connectivity index (χ0n) is 6.21. The van der Waals surface area contributed by atoms with E-state index in [4.69, 9.17) is 0 Å². The van der Waals surface area contributed by atoms with Gasteiger partial charge in [-0.1, -0.05) is 18.2 Å². The van der Waals surface area contributed by atoms with Crippen LogP contribution in [0.3, 0.4) is 0 Å². The average Bonchev–Trinajstić information content (AvgIpc) is 2.47. The van der Waals surface area contributed by atoms with Gasteiger partial charge in [-0.2, -0.15) is 0 Å². The van der Waals surface area contributed by atoms with E-state index < -0.39 is 0 Å². The summed E-state index contributed by atoms with van der Waals surface area (Å²) in [6.07, 6.45) is 0.889. The SMILES string of the molecule is [CH2]Cc1ccc2scccc1-2. The number of fused-ring (bicyclic) bond motifs is 1. The molecule has 2 aliphatic rings. The van der Waals surface area contributed by atoms with Crippen molar-refractivity contribution in [1.82, 2.24) is 0 Å². The average molecular weight is 161 g/mol. The van der Waals surface area contributed by atoms with Gasteiger partial charge in [-0.3, -0.25) is 0 Å². The molecule has 0 nitrogen and oxygen atoms in total. The minimum Gasteiger partial charge on any atom is -0.144 e. The largest absolute Gasteiger partial charge is 0.144 e. The highest BCUT2D eigenvalue weighted by molar-refractivity contribution is 7.13. The fourth-order valence-electron chi connectivity index (χ4n) is 1.27. The van der Waals surface area contributed by atoms with Crippen LogP contribution < -0.4 is 0 Å². The van der Waals surface area contributed by atoms with Gasteiger partial charge in [0.15, 0.2) is 0 Å². The second-order valence-corrected chi connectivity index (χ2v) is 3.45. The molecule has 0 saturated heterocycles. The van der Waals surface area contributed by atoms with Gasteiger partial charge >= 0.3 is 0 Å². The molecule has 1 heterocycles. The van der Waals surface area contributed by atoms with Crippen molar-refractivity contribution in [2.45, 2.75) is 6.42 Å². The van der Waals surface area contributed by atoms with Gasteiger partial charge in [0.25, 0.3) is 0 Å². The first-order valence-electron chi connectivity index (χ1n) is 3.66. The molecule has 0 unspecified atom stereocenters. The van der Waals surface area contributed by atoms with Crippen LogP contribution in [0.15, 0.2) is 29.6 Å². The molecule has 55 valence electrons. The lowest BCUT2D eigenvalue weighted by Gasteiger charge is -1.98. The summed E-state index contributed by atoms with van der Waals surface area (Å²) in [5, 5.41) is 2.11. The molecule has 0 bridgehead atoms. The second kappa shape index (κ2) is 2.67. The van der Waals surface area contributed by atoms with Crippen LogP contribution in [0.5, 0.6) is 0 Å². The van der Waals surface area contributed by atoms with Gasteiger partial charge in [-0.15, -0.1) is 11.3 Å². The van der Waals surface area contributed by atoms with E-state index in [9.17, 15) is 0 Å². The first-order valence-corrected chi connectivity index (χ1v) is 4.54. The lowest BCUT2D eigenvalue weighted by atomic mass is 10.1. The quantitative estimate of drug-likeness (QED) is 0.602. The van der Waals surface area contributed by atoms with E-state index in [0.717, 1.165) is 6.42 Å². The monoisotopic (exact) mass is 161 g/mol. The Hall–Kier alpha value is -0.820. The van der Waals surface area contributed by atoms with E-state index in [-0.39, 0.29) is 0 Å². The van der Waals surface area contributed by atoms with Gasteiger partial charge in [0.2, 0.25) is 0 Å². The molecular weight excluding hydrogens is 152 g/mol. The van der Waals surface area contributed by atoms with Crippen molar-refractivity contribution in [2.24, 2.45) is 0 Å². The van der Waals surface area contributed by atoms with Crippen LogP contribution in [0.4, 0.5) is 0 Å². The lowest BCUT2D eigenvalue weighted by Crippen LogP contribution is -1.77. The summed E-state index contributed by atoms with van der Waals surface area (Å²) in [6, 6.07) is 8.58. The molecule has 0 fully saturated rings. The van der Waals surface area contributed by atoms with Crippen molar-refractivity contribution in [1.29, 1.82) is 0 Å². The molecule has 1 aliphatic carbocycles. The normalized spacial score (nSPS) is 10.6. The zero-order chi connectivity index (χ0) is 7.68. The van der Waals surface area contributed by atoms with E-state index in [1.165, 1.54) is 16.0 Å². The maximum absolute atomic E-state index is 3.88. The summed E-state index contributed by atoms with van der Waals surface area (Å²) in [5.74, 6) is 0. The molecule has 1 heteroatoms. The fourth-order valence-corrected chi connectivity index (χ4v) is 2.05. The topological polar surface area (TPSA) is 0 Å². The van der Waals surface area contributed by atoms with E-state index >= 15 is 0 Å². The van der Waals surface area contributed by atoms with Gasteiger partial charge in [-0.25, -0.2) is 0 Å². The Balaban J connectivity index is 2.64. The first-order chi connectivity index (χ1) is 5.42. The minimum atomic E-state index is 0.889. The number of hydrogen-bond donors (Lipinski definition) is 0. The predicted molar refractivity (Wildman–Crippen MR) is 50.0 cm³/mol. The third-order valence-electron chi connectivity index (χ3n) is 1.85. The van der Waals surface area contributed by atoms with Gasteiger partial charge in [0, 0.05) is 4.88 Å². The minimum absolute atomic E-state index is 0.889. The lowest BCUT2D eigenvalue weighted by molar-refractivity contribution is 1.30. The van der Waals surface area contributed by atoms with Crippen molar-refractivity contribution in [3.8, 4) is 10.4 Å². The van der Waals surface area contributed by atoms with E-state index in [0.29, 0.717) is 0 Å². The predicted octanol–water partition coefficient (Wildman–Crippen LogP) is 3.23. The van der Waals surface area contributed by atoms with Crippen molar-refractivity contribution < 1.29 is 0 Å². The Morgan fingerprint density at radius 2 is 2.18 bits per heavy atom. The van der Waals surface area contributed by atoms with Crippen molar-refractivity contribution in [3.63, 3.8) is 0 Å². The summed E-state index contributed by atoms with van der Waals surface area (Å²) in [4.78, 5) is 1.37. The smallest absolute Gasteiger partial charge is 0.0345 e. The highest BCUT2D eigenvalue weighted by Gasteiger charge is 2.05. The molecule has 2 rings (SSSR count). The molecule has 0 aromatic carbocycles. The Labute approximate surface area is 70.8 Å². The van der Waals surface area contributed by atoms with Gasteiger partial charge in [0.05, 0.1) is 0 Å². The molecular formula is C10H9S.